The second kappa shape index (κ2) is 7.59. The monoisotopic (exact) mass is 375 g/mol. The van der Waals surface area contributed by atoms with E-state index in [1.165, 1.54) is 0 Å². The van der Waals surface area contributed by atoms with Gasteiger partial charge >= 0.3 is 5.69 Å². The number of nitrogens with zero attached hydrogens (tertiary/aromatic N) is 5. The van der Waals surface area contributed by atoms with Crippen LogP contribution in [0.15, 0.2) is 53.3 Å². The van der Waals surface area contributed by atoms with Crippen LogP contribution in [0.25, 0.3) is 22.5 Å². The van der Waals surface area contributed by atoms with E-state index in [0.717, 1.165) is 34.6 Å². The molecular formula is C20H21N7O. The summed E-state index contributed by atoms with van der Waals surface area (Å²) in [5.41, 5.74) is 3.80. The largest absolute Gasteiger partial charge is 0.361 e. The van der Waals surface area contributed by atoms with Crippen molar-refractivity contribution < 1.29 is 0 Å². The molecule has 8 heteroatoms. The van der Waals surface area contributed by atoms with Crippen LogP contribution < -0.4 is 5.69 Å². The molecule has 0 saturated heterocycles. The first-order valence-electron chi connectivity index (χ1n) is 9.18. The lowest BCUT2D eigenvalue weighted by molar-refractivity contribution is 0.467. The predicted molar refractivity (Wildman–Crippen MR) is 106 cm³/mol. The Kier molecular flexibility index (Phi) is 4.84. The Labute approximate surface area is 161 Å². The quantitative estimate of drug-likeness (QED) is 0.539. The fourth-order valence-electron chi connectivity index (χ4n) is 3.22. The number of rotatable bonds is 6. The molecule has 142 valence electrons. The SMILES string of the molecule is CC(C)Cn1[nH]c(=O)nc1Cc1ccc(-c2ccccc2-c2nn[nH]n2)cc1. The van der Waals surface area contributed by atoms with E-state index in [0.29, 0.717) is 18.2 Å². The number of benzene rings is 2. The van der Waals surface area contributed by atoms with Gasteiger partial charge in [0.2, 0.25) is 5.82 Å². The zero-order valence-corrected chi connectivity index (χ0v) is 15.8. The molecule has 0 amide bonds. The third-order valence-corrected chi connectivity index (χ3v) is 4.46. The van der Waals surface area contributed by atoms with Gasteiger partial charge in [0.15, 0.2) is 0 Å². The van der Waals surface area contributed by atoms with Crippen LogP contribution in [-0.4, -0.2) is 35.4 Å². The third-order valence-electron chi connectivity index (χ3n) is 4.46. The first-order chi connectivity index (χ1) is 13.6. The van der Waals surface area contributed by atoms with E-state index in [2.05, 4.69) is 68.8 Å². The average molecular weight is 375 g/mol. The fraction of sp³-hybridized carbons (Fsp3) is 0.250. The molecule has 0 spiro atoms. The summed E-state index contributed by atoms with van der Waals surface area (Å²) >= 11 is 0. The number of aromatic nitrogens is 7. The Morgan fingerprint density at radius 1 is 1.04 bits per heavy atom. The van der Waals surface area contributed by atoms with Gasteiger partial charge < -0.3 is 0 Å². The van der Waals surface area contributed by atoms with Gasteiger partial charge in [0.05, 0.1) is 0 Å². The molecule has 4 aromatic rings. The van der Waals surface area contributed by atoms with Crippen LogP contribution in [0.3, 0.4) is 0 Å². The highest BCUT2D eigenvalue weighted by Gasteiger charge is 2.12. The first-order valence-corrected chi connectivity index (χ1v) is 9.18. The highest BCUT2D eigenvalue weighted by Crippen LogP contribution is 2.29. The average Bonchev–Trinajstić information content (AvgIpc) is 3.32. The van der Waals surface area contributed by atoms with Gasteiger partial charge in [-0.3, -0.25) is 4.68 Å². The number of H-pyrrole nitrogens is 2. The van der Waals surface area contributed by atoms with Crippen LogP contribution in [0, 0.1) is 5.92 Å². The molecule has 28 heavy (non-hydrogen) atoms. The van der Waals surface area contributed by atoms with Crippen LogP contribution >= 0.6 is 0 Å². The molecule has 0 unspecified atom stereocenters. The number of aromatic amines is 2. The fourth-order valence-corrected chi connectivity index (χ4v) is 3.22. The minimum atomic E-state index is -0.304. The maximum Gasteiger partial charge on any atom is 0.361 e. The van der Waals surface area contributed by atoms with Crippen molar-refractivity contribution in [2.75, 3.05) is 0 Å². The topological polar surface area (TPSA) is 105 Å². The zero-order chi connectivity index (χ0) is 19.5. The van der Waals surface area contributed by atoms with Gasteiger partial charge in [0.1, 0.15) is 5.82 Å². The molecule has 2 N–H and O–H groups in total. The molecule has 0 saturated carbocycles. The Morgan fingerprint density at radius 2 is 1.79 bits per heavy atom. The van der Waals surface area contributed by atoms with Crippen LogP contribution in [-0.2, 0) is 13.0 Å². The first kappa shape index (κ1) is 17.8. The maximum absolute atomic E-state index is 11.7. The maximum atomic E-state index is 11.7. The molecule has 0 aliphatic rings. The van der Waals surface area contributed by atoms with Gasteiger partial charge in [-0.15, -0.1) is 10.2 Å². The number of nitrogens with one attached hydrogen (secondary N) is 2. The van der Waals surface area contributed by atoms with Crippen molar-refractivity contribution in [2.45, 2.75) is 26.8 Å². The number of tetrazole rings is 1. The Balaban J connectivity index is 1.60. The summed E-state index contributed by atoms with van der Waals surface area (Å²) in [4.78, 5) is 15.8. The van der Waals surface area contributed by atoms with Gasteiger partial charge in [0.25, 0.3) is 0 Å². The highest BCUT2D eigenvalue weighted by atomic mass is 16.1. The van der Waals surface area contributed by atoms with E-state index in [1.54, 1.807) is 0 Å². The van der Waals surface area contributed by atoms with E-state index in [9.17, 15) is 4.79 Å². The molecule has 0 bridgehead atoms. The van der Waals surface area contributed by atoms with Gasteiger partial charge in [-0.05, 0) is 27.8 Å². The minimum Gasteiger partial charge on any atom is -0.270 e. The molecular weight excluding hydrogens is 354 g/mol. The Morgan fingerprint density at radius 3 is 2.46 bits per heavy atom. The molecule has 4 rings (SSSR count). The zero-order valence-electron chi connectivity index (χ0n) is 15.8. The van der Waals surface area contributed by atoms with Crippen molar-refractivity contribution in [3.05, 3.63) is 70.4 Å². The predicted octanol–water partition coefficient (Wildman–Crippen LogP) is 2.67. The molecule has 2 heterocycles. The summed E-state index contributed by atoms with van der Waals surface area (Å²) in [5.74, 6) is 1.74. The lowest BCUT2D eigenvalue weighted by Gasteiger charge is -2.10. The summed E-state index contributed by atoms with van der Waals surface area (Å²) in [6.45, 7) is 4.96. The molecule has 0 aliphatic carbocycles. The highest BCUT2D eigenvalue weighted by molar-refractivity contribution is 5.80. The van der Waals surface area contributed by atoms with E-state index in [1.807, 2.05) is 28.9 Å². The van der Waals surface area contributed by atoms with E-state index < -0.39 is 0 Å². The Bertz CT molecular complexity index is 1110. The van der Waals surface area contributed by atoms with Crippen LogP contribution in [0.4, 0.5) is 0 Å². The van der Waals surface area contributed by atoms with Crippen LogP contribution in [0.5, 0.6) is 0 Å². The standard InChI is InChI=1S/C20H21N7O/c1-13(2)12-27-18(21-20(28)24-27)11-14-7-9-15(10-8-14)16-5-3-4-6-17(16)19-22-25-26-23-19/h3-10,13H,11-12H2,1-2H3,(H,24,28)(H,22,23,25,26). The number of hydrogen-bond acceptors (Lipinski definition) is 5. The summed E-state index contributed by atoms with van der Waals surface area (Å²) < 4.78 is 1.84. The van der Waals surface area contributed by atoms with Crippen molar-refractivity contribution in [1.82, 2.24) is 35.4 Å². The van der Waals surface area contributed by atoms with Gasteiger partial charge in [-0.1, -0.05) is 62.4 Å². The van der Waals surface area contributed by atoms with Crippen molar-refractivity contribution in [3.63, 3.8) is 0 Å². The van der Waals surface area contributed by atoms with Crippen molar-refractivity contribution in [3.8, 4) is 22.5 Å². The summed E-state index contributed by atoms with van der Waals surface area (Å²) in [6, 6.07) is 16.2. The van der Waals surface area contributed by atoms with E-state index in [4.69, 9.17) is 0 Å². The second-order valence-electron chi connectivity index (χ2n) is 7.10. The molecule has 2 aromatic heterocycles. The summed E-state index contributed by atoms with van der Waals surface area (Å²) in [6.07, 6.45) is 0.595. The summed E-state index contributed by atoms with van der Waals surface area (Å²) in [5, 5.41) is 17.1. The molecule has 2 aromatic carbocycles. The molecule has 8 nitrogen and oxygen atoms in total. The summed E-state index contributed by atoms with van der Waals surface area (Å²) in [7, 11) is 0. The molecule has 0 aliphatic heterocycles. The van der Waals surface area contributed by atoms with E-state index in [-0.39, 0.29) is 5.69 Å². The lowest BCUT2D eigenvalue weighted by atomic mass is 9.98. The van der Waals surface area contributed by atoms with E-state index >= 15 is 0 Å². The Hall–Kier alpha value is -3.55. The lowest BCUT2D eigenvalue weighted by Crippen LogP contribution is -2.12. The minimum absolute atomic E-state index is 0.304. The molecule has 0 fully saturated rings. The molecule has 0 radical (unpaired) electrons. The van der Waals surface area contributed by atoms with Crippen LogP contribution in [0.2, 0.25) is 0 Å². The van der Waals surface area contributed by atoms with Gasteiger partial charge in [-0.25, -0.2) is 9.89 Å². The third kappa shape index (κ3) is 3.75. The normalized spacial score (nSPS) is 11.2. The smallest absolute Gasteiger partial charge is 0.270 e. The van der Waals surface area contributed by atoms with Crippen molar-refractivity contribution >= 4 is 0 Å². The number of hydrogen-bond donors (Lipinski definition) is 2. The van der Waals surface area contributed by atoms with Gasteiger partial charge in [0, 0.05) is 18.5 Å². The van der Waals surface area contributed by atoms with Crippen molar-refractivity contribution in [2.24, 2.45) is 5.92 Å². The van der Waals surface area contributed by atoms with Gasteiger partial charge in [-0.2, -0.15) is 10.2 Å². The van der Waals surface area contributed by atoms with Crippen LogP contribution in [0.1, 0.15) is 25.2 Å². The molecule has 0 atom stereocenters. The second-order valence-corrected chi connectivity index (χ2v) is 7.10. The van der Waals surface area contributed by atoms with Crippen molar-refractivity contribution in [1.29, 1.82) is 0 Å².